The maximum Gasteiger partial charge on any atom is 0.279 e. The van der Waals surface area contributed by atoms with Crippen LogP contribution in [0.4, 0.5) is 0 Å². The van der Waals surface area contributed by atoms with E-state index in [2.05, 4.69) is 4.99 Å². The third-order valence-electron chi connectivity index (χ3n) is 3.71. The molecule has 1 aromatic heterocycles. The molecule has 1 aromatic carbocycles. The minimum atomic E-state index is -1.37. The van der Waals surface area contributed by atoms with Crippen molar-refractivity contribution in [3.8, 4) is 5.88 Å². The van der Waals surface area contributed by atoms with Gasteiger partial charge in [0.2, 0.25) is 5.88 Å². The standard InChI is InChI=1S/C15H12N2O4S2/c1-6-4-3-5-8-9(12(18)16-10(6)8)11-13(19)17(15(22)23-11)7(2)14(20)21/h3-5,7,19H,1-2H3,(H,20,21)/p-1/t7-/m0/s1. The lowest BCUT2D eigenvalue weighted by atomic mass is 10.1. The molecule has 1 aliphatic rings. The van der Waals surface area contributed by atoms with E-state index in [4.69, 9.17) is 12.2 Å². The molecule has 2 aromatic rings. The molecule has 1 amide bonds. The fourth-order valence-electron chi connectivity index (χ4n) is 2.49. The first-order valence-electron chi connectivity index (χ1n) is 6.71. The summed E-state index contributed by atoms with van der Waals surface area (Å²) in [7, 11) is 0. The molecule has 0 saturated carbocycles. The van der Waals surface area contributed by atoms with E-state index in [1.807, 2.05) is 13.0 Å². The molecule has 1 atom stereocenters. The van der Waals surface area contributed by atoms with Crippen molar-refractivity contribution in [2.75, 3.05) is 0 Å². The van der Waals surface area contributed by atoms with Crippen molar-refractivity contribution in [1.29, 1.82) is 0 Å². The molecule has 1 aliphatic heterocycles. The Morgan fingerprint density at radius 2 is 2.17 bits per heavy atom. The van der Waals surface area contributed by atoms with E-state index in [1.54, 1.807) is 12.1 Å². The minimum absolute atomic E-state index is 0.149. The molecule has 0 saturated heterocycles. The number of hydrogen-bond acceptors (Lipinski definition) is 6. The van der Waals surface area contributed by atoms with Crippen molar-refractivity contribution in [3.63, 3.8) is 0 Å². The van der Waals surface area contributed by atoms with Gasteiger partial charge in [0.1, 0.15) is 4.88 Å². The lowest BCUT2D eigenvalue weighted by Gasteiger charge is -2.15. The number of amides is 1. The fraction of sp³-hybridized carbons (Fsp3) is 0.200. The van der Waals surface area contributed by atoms with Crippen LogP contribution >= 0.6 is 23.6 Å². The van der Waals surface area contributed by atoms with Crippen molar-refractivity contribution < 1.29 is 19.8 Å². The summed E-state index contributed by atoms with van der Waals surface area (Å²) in [6.45, 7) is 3.19. The Morgan fingerprint density at radius 1 is 1.48 bits per heavy atom. The highest BCUT2D eigenvalue weighted by Gasteiger charge is 2.27. The SMILES string of the molecule is Cc1cccc2c1=NC(=O)C=2c1sc(=S)n([C@@H](C)C(=O)[O-])c1O. The van der Waals surface area contributed by atoms with Gasteiger partial charge in [0.05, 0.1) is 22.9 Å². The Kier molecular flexibility index (Phi) is 3.65. The lowest BCUT2D eigenvalue weighted by molar-refractivity contribution is -0.309. The molecule has 8 heteroatoms. The molecule has 23 heavy (non-hydrogen) atoms. The van der Waals surface area contributed by atoms with Crippen LogP contribution in [-0.2, 0) is 9.59 Å². The Bertz CT molecular complexity index is 1030. The van der Waals surface area contributed by atoms with Gasteiger partial charge in [-0.2, -0.15) is 0 Å². The molecule has 0 radical (unpaired) electrons. The van der Waals surface area contributed by atoms with Gasteiger partial charge in [0.25, 0.3) is 5.91 Å². The van der Waals surface area contributed by atoms with Crippen LogP contribution in [0.3, 0.4) is 0 Å². The second kappa shape index (κ2) is 5.39. The van der Waals surface area contributed by atoms with Crippen molar-refractivity contribution in [2.45, 2.75) is 19.9 Å². The van der Waals surface area contributed by atoms with Crippen LogP contribution in [0.1, 0.15) is 23.4 Å². The first kappa shape index (κ1) is 15.6. The van der Waals surface area contributed by atoms with E-state index in [9.17, 15) is 19.8 Å². The van der Waals surface area contributed by atoms with Crippen LogP contribution < -0.4 is 15.7 Å². The molecular formula is C15H11N2O4S2-. The average Bonchev–Trinajstić information content (AvgIpc) is 2.96. The van der Waals surface area contributed by atoms with Crippen LogP contribution in [0.15, 0.2) is 23.2 Å². The highest BCUT2D eigenvalue weighted by atomic mass is 32.1. The van der Waals surface area contributed by atoms with Crippen LogP contribution in [0.25, 0.3) is 5.57 Å². The van der Waals surface area contributed by atoms with Crippen LogP contribution in [-0.4, -0.2) is 21.6 Å². The monoisotopic (exact) mass is 347 g/mol. The molecule has 0 unspecified atom stereocenters. The smallest absolute Gasteiger partial charge is 0.279 e. The number of aryl methyl sites for hydroxylation is 1. The van der Waals surface area contributed by atoms with Crippen molar-refractivity contribution in [3.05, 3.63) is 43.2 Å². The maximum atomic E-state index is 12.3. The number of fused-ring (bicyclic) bond motifs is 1. The zero-order valence-corrected chi connectivity index (χ0v) is 13.8. The number of aromatic hydroxyl groups is 1. The summed E-state index contributed by atoms with van der Waals surface area (Å²) in [5.74, 6) is -2.21. The van der Waals surface area contributed by atoms with Gasteiger partial charge < -0.3 is 15.0 Å². The average molecular weight is 347 g/mol. The molecular weight excluding hydrogens is 336 g/mol. The molecule has 0 spiro atoms. The van der Waals surface area contributed by atoms with E-state index in [0.29, 0.717) is 10.6 Å². The van der Waals surface area contributed by atoms with E-state index in [-0.39, 0.29) is 20.3 Å². The molecule has 2 heterocycles. The van der Waals surface area contributed by atoms with Crippen molar-refractivity contribution >= 4 is 41.0 Å². The lowest BCUT2D eigenvalue weighted by Crippen LogP contribution is -2.31. The number of nitrogens with zero attached hydrogens (tertiary/aromatic N) is 2. The summed E-state index contributed by atoms with van der Waals surface area (Å²) >= 11 is 6.11. The highest BCUT2D eigenvalue weighted by molar-refractivity contribution is 7.73. The van der Waals surface area contributed by atoms with Gasteiger partial charge in [-0.1, -0.05) is 18.2 Å². The molecule has 1 N–H and O–H groups in total. The Balaban J connectivity index is 2.34. The summed E-state index contributed by atoms with van der Waals surface area (Å²) in [6.07, 6.45) is 0. The normalized spacial score (nSPS) is 14.5. The van der Waals surface area contributed by atoms with Gasteiger partial charge >= 0.3 is 0 Å². The van der Waals surface area contributed by atoms with Crippen molar-refractivity contribution in [1.82, 2.24) is 4.57 Å². The largest absolute Gasteiger partial charge is 0.548 e. The quantitative estimate of drug-likeness (QED) is 0.787. The molecule has 0 fully saturated rings. The summed E-state index contributed by atoms with van der Waals surface area (Å²) in [4.78, 5) is 27.6. The number of rotatable bonds is 3. The number of carboxylic acid groups (broad SMARTS) is 1. The molecule has 118 valence electrons. The number of carbonyl (C=O) groups is 2. The number of benzene rings is 1. The second-order valence-corrected chi connectivity index (χ2v) is 6.79. The van der Waals surface area contributed by atoms with E-state index >= 15 is 0 Å². The van der Waals surface area contributed by atoms with E-state index in [1.165, 1.54) is 6.92 Å². The molecule has 0 bridgehead atoms. The summed E-state index contributed by atoms with van der Waals surface area (Å²) < 4.78 is 1.22. The van der Waals surface area contributed by atoms with Gasteiger partial charge in [0, 0.05) is 5.22 Å². The number of thiazole rings is 1. The molecule has 6 nitrogen and oxygen atoms in total. The Hall–Kier alpha value is -2.32. The zero-order valence-electron chi connectivity index (χ0n) is 12.2. The molecule has 0 aliphatic carbocycles. The van der Waals surface area contributed by atoms with Gasteiger partial charge in [-0.05, 0) is 31.6 Å². The Labute approximate surface area is 139 Å². The first-order chi connectivity index (χ1) is 10.8. The second-order valence-electron chi connectivity index (χ2n) is 5.15. The third kappa shape index (κ3) is 2.30. The topological polar surface area (TPSA) is 94.7 Å². The van der Waals surface area contributed by atoms with E-state index < -0.39 is 17.9 Å². The number of para-hydroxylation sites is 1. The van der Waals surface area contributed by atoms with Gasteiger partial charge in [-0.3, -0.25) is 9.36 Å². The third-order valence-corrected chi connectivity index (χ3v) is 5.12. The van der Waals surface area contributed by atoms with E-state index in [0.717, 1.165) is 21.5 Å². The highest BCUT2D eigenvalue weighted by Crippen LogP contribution is 2.34. The Morgan fingerprint density at radius 3 is 2.83 bits per heavy atom. The summed E-state index contributed by atoms with van der Waals surface area (Å²) in [6, 6.07) is 4.22. The summed E-state index contributed by atoms with van der Waals surface area (Å²) in [5, 5.41) is 22.6. The first-order valence-corrected chi connectivity index (χ1v) is 7.94. The fourth-order valence-corrected chi connectivity index (χ4v) is 3.99. The van der Waals surface area contributed by atoms with Crippen LogP contribution in [0, 0.1) is 10.9 Å². The maximum absolute atomic E-state index is 12.3. The van der Waals surface area contributed by atoms with Gasteiger partial charge in [-0.15, -0.1) is 11.3 Å². The summed E-state index contributed by atoms with van der Waals surface area (Å²) in [5.41, 5.74) is 1.08. The van der Waals surface area contributed by atoms with Gasteiger partial charge in [-0.25, -0.2) is 4.99 Å². The van der Waals surface area contributed by atoms with Crippen molar-refractivity contribution in [2.24, 2.45) is 4.99 Å². The van der Waals surface area contributed by atoms with Gasteiger partial charge in [0.15, 0.2) is 3.95 Å². The number of aromatic nitrogens is 1. The number of hydrogen-bond donors (Lipinski definition) is 1. The molecule has 3 rings (SSSR count). The number of carboxylic acids is 1. The predicted molar refractivity (Wildman–Crippen MR) is 84.0 cm³/mol. The minimum Gasteiger partial charge on any atom is -0.548 e. The number of aliphatic carboxylic acids is 1. The zero-order chi connectivity index (χ0) is 16.9. The number of carbonyl (C=O) groups excluding carboxylic acids is 2. The van der Waals surface area contributed by atoms with Crippen LogP contribution in [0.2, 0.25) is 0 Å². The predicted octanol–water partition coefficient (Wildman–Crippen LogP) is -0.0372. The van der Waals surface area contributed by atoms with Crippen LogP contribution in [0.5, 0.6) is 5.88 Å².